The van der Waals surface area contributed by atoms with Gasteiger partial charge in [-0.25, -0.2) is 0 Å². The number of benzene rings is 1. The van der Waals surface area contributed by atoms with Gasteiger partial charge in [-0.3, -0.25) is 0 Å². The lowest BCUT2D eigenvalue weighted by molar-refractivity contribution is 1.50. The molecule has 0 fully saturated rings. The summed E-state index contributed by atoms with van der Waals surface area (Å²) in [7, 11) is 3.40. The van der Waals surface area contributed by atoms with Crippen molar-refractivity contribution < 1.29 is 0 Å². The van der Waals surface area contributed by atoms with E-state index in [4.69, 9.17) is 0 Å². The van der Waals surface area contributed by atoms with Crippen LogP contribution in [0.2, 0.25) is 0 Å². The standard InChI is InChI=1S/C9H8INS/c1-11-9-4-2-8(3-5-9)6-7-12-10/h2-5,11H,1H3. The predicted octanol–water partition coefficient (Wildman–Crippen LogP) is 3.12. The monoisotopic (exact) mass is 289 g/mol. The summed E-state index contributed by atoms with van der Waals surface area (Å²) >= 11 is 2.16. The first-order valence-electron chi connectivity index (χ1n) is 3.43. The zero-order valence-electron chi connectivity index (χ0n) is 6.60. The summed E-state index contributed by atoms with van der Waals surface area (Å²) in [6.07, 6.45) is 0. The summed E-state index contributed by atoms with van der Waals surface area (Å²) in [4.78, 5) is 0. The fraction of sp³-hybridized carbons (Fsp3) is 0.111. The van der Waals surface area contributed by atoms with E-state index in [1.807, 2.05) is 31.3 Å². The fourth-order valence-corrected chi connectivity index (χ4v) is 1.29. The zero-order chi connectivity index (χ0) is 8.81. The first-order chi connectivity index (χ1) is 5.86. The molecule has 0 heterocycles. The minimum absolute atomic E-state index is 1.05. The Balaban J connectivity index is 2.78. The SMILES string of the molecule is CNc1ccc(C#CSI)cc1. The van der Waals surface area contributed by atoms with E-state index in [1.54, 1.807) is 0 Å². The molecule has 0 unspecified atom stereocenters. The number of hydrogen-bond acceptors (Lipinski definition) is 2. The molecule has 0 aliphatic heterocycles. The van der Waals surface area contributed by atoms with Gasteiger partial charge in [0.25, 0.3) is 0 Å². The molecule has 3 heteroatoms. The molecule has 0 atom stereocenters. The maximum Gasteiger partial charge on any atom is 0.0338 e. The highest BCUT2D eigenvalue weighted by atomic mass is 127. The highest BCUT2D eigenvalue weighted by Crippen LogP contribution is 2.10. The van der Waals surface area contributed by atoms with E-state index < -0.39 is 0 Å². The van der Waals surface area contributed by atoms with Gasteiger partial charge in [-0.2, -0.15) is 0 Å². The van der Waals surface area contributed by atoms with Crippen LogP contribution in [0.5, 0.6) is 0 Å². The van der Waals surface area contributed by atoms with Crippen LogP contribution in [-0.2, 0) is 0 Å². The quantitative estimate of drug-likeness (QED) is 0.629. The van der Waals surface area contributed by atoms with Crippen molar-refractivity contribution in [2.45, 2.75) is 0 Å². The Labute approximate surface area is 88.9 Å². The van der Waals surface area contributed by atoms with Gasteiger partial charge in [0.2, 0.25) is 0 Å². The van der Waals surface area contributed by atoms with Crippen molar-refractivity contribution in [3.05, 3.63) is 29.8 Å². The Morgan fingerprint density at radius 2 is 2.00 bits per heavy atom. The van der Waals surface area contributed by atoms with Crippen LogP contribution < -0.4 is 5.32 Å². The van der Waals surface area contributed by atoms with Crippen molar-refractivity contribution in [2.24, 2.45) is 0 Å². The maximum absolute atomic E-state index is 3.06. The summed E-state index contributed by atoms with van der Waals surface area (Å²) in [5.41, 5.74) is 2.17. The lowest BCUT2D eigenvalue weighted by atomic mass is 10.2. The van der Waals surface area contributed by atoms with Gasteiger partial charge in [-0.15, -0.1) is 0 Å². The first-order valence-corrected chi connectivity index (χ1v) is 6.79. The van der Waals surface area contributed by atoms with Crippen molar-refractivity contribution >= 4 is 35.8 Å². The number of anilines is 1. The van der Waals surface area contributed by atoms with Crippen LogP contribution in [0.25, 0.3) is 0 Å². The molecule has 1 aromatic carbocycles. The topological polar surface area (TPSA) is 12.0 Å². The minimum atomic E-state index is 1.05. The third-order valence-corrected chi connectivity index (χ3v) is 2.25. The van der Waals surface area contributed by atoms with E-state index in [0.717, 1.165) is 11.3 Å². The van der Waals surface area contributed by atoms with Crippen molar-refractivity contribution in [1.29, 1.82) is 0 Å². The van der Waals surface area contributed by atoms with E-state index in [2.05, 4.69) is 37.7 Å². The van der Waals surface area contributed by atoms with Crippen LogP contribution >= 0.6 is 30.1 Å². The second-order valence-electron chi connectivity index (χ2n) is 2.13. The van der Waals surface area contributed by atoms with Crippen molar-refractivity contribution in [1.82, 2.24) is 0 Å². The molecule has 0 amide bonds. The molecule has 62 valence electrons. The summed E-state index contributed by atoms with van der Waals surface area (Å²) < 4.78 is 0. The molecule has 1 rings (SSSR count). The van der Waals surface area contributed by atoms with Crippen molar-refractivity contribution in [2.75, 3.05) is 12.4 Å². The average Bonchev–Trinajstić information content (AvgIpc) is 2.15. The molecular weight excluding hydrogens is 281 g/mol. The largest absolute Gasteiger partial charge is 0.388 e. The number of hydrogen-bond donors (Lipinski definition) is 1. The fourth-order valence-electron chi connectivity index (χ4n) is 0.798. The van der Waals surface area contributed by atoms with Gasteiger partial charge < -0.3 is 5.32 Å². The highest BCUT2D eigenvalue weighted by molar-refractivity contribution is 14.2. The third-order valence-electron chi connectivity index (χ3n) is 1.41. The summed E-state index contributed by atoms with van der Waals surface area (Å²) in [5, 5.41) is 5.99. The van der Waals surface area contributed by atoms with Crippen LogP contribution in [-0.4, -0.2) is 7.05 Å². The molecule has 0 aromatic heterocycles. The number of halogens is 1. The molecule has 1 N–H and O–H groups in total. The Hall–Kier alpha value is -0.340. The number of rotatable bonds is 1. The Bertz CT molecular complexity index is 297. The molecule has 0 spiro atoms. The first kappa shape index (κ1) is 9.75. The van der Waals surface area contributed by atoms with Gasteiger partial charge in [0.1, 0.15) is 0 Å². The van der Waals surface area contributed by atoms with Crippen LogP contribution in [0.15, 0.2) is 24.3 Å². The highest BCUT2D eigenvalue weighted by Gasteiger charge is 1.87. The summed E-state index contributed by atoms with van der Waals surface area (Å²) in [5.74, 6) is 3.02. The van der Waals surface area contributed by atoms with Crippen molar-refractivity contribution in [3.63, 3.8) is 0 Å². The van der Waals surface area contributed by atoms with Crippen LogP contribution in [0.3, 0.4) is 0 Å². The molecule has 1 nitrogen and oxygen atoms in total. The zero-order valence-corrected chi connectivity index (χ0v) is 9.57. The maximum atomic E-state index is 3.06. The van der Waals surface area contributed by atoms with E-state index >= 15 is 0 Å². The summed E-state index contributed by atoms with van der Waals surface area (Å²) in [6.45, 7) is 0. The van der Waals surface area contributed by atoms with Gasteiger partial charge in [-0.05, 0) is 38.5 Å². The van der Waals surface area contributed by atoms with E-state index in [0.29, 0.717) is 0 Å². The van der Waals surface area contributed by atoms with E-state index in [1.165, 1.54) is 8.93 Å². The van der Waals surface area contributed by atoms with Gasteiger partial charge in [0.05, 0.1) is 0 Å². The molecule has 0 radical (unpaired) electrons. The second kappa shape index (κ2) is 5.33. The average molecular weight is 289 g/mol. The van der Waals surface area contributed by atoms with E-state index in [-0.39, 0.29) is 0 Å². The molecule has 0 saturated carbocycles. The molecule has 12 heavy (non-hydrogen) atoms. The van der Waals surface area contributed by atoms with Gasteiger partial charge in [0, 0.05) is 39.5 Å². The van der Waals surface area contributed by atoms with Crippen LogP contribution in [0, 0.1) is 11.2 Å². The van der Waals surface area contributed by atoms with Gasteiger partial charge in [0.15, 0.2) is 0 Å². The van der Waals surface area contributed by atoms with Gasteiger partial charge in [-0.1, -0.05) is 5.92 Å². The molecular formula is C9H8INS. The molecule has 0 saturated heterocycles. The minimum Gasteiger partial charge on any atom is -0.388 e. The predicted molar refractivity (Wildman–Crippen MR) is 64.5 cm³/mol. The third kappa shape index (κ3) is 2.95. The number of nitrogens with one attached hydrogen (secondary N) is 1. The molecule has 0 aliphatic rings. The second-order valence-corrected chi connectivity index (χ2v) is 3.81. The Morgan fingerprint density at radius 1 is 1.33 bits per heavy atom. The lowest BCUT2D eigenvalue weighted by Gasteiger charge is -1.97. The van der Waals surface area contributed by atoms with Gasteiger partial charge >= 0.3 is 0 Å². The Morgan fingerprint density at radius 3 is 2.50 bits per heavy atom. The molecule has 0 aliphatic carbocycles. The lowest BCUT2D eigenvalue weighted by Crippen LogP contribution is -1.86. The smallest absolute Gasteiger partial charge is 0.0338 e. The van der Waals surface area contributed by atoms with Crippen molar-refractivity contribution in [3.8, 4) is 11.2 Å². The summed E-state index contributed by atoms with van der Waals surface area (Å²) in [6, 6.07) is 8.04. The van der Waals surface area contributed by atoms with E-state index in [9.17, 15) is 0 Å². The van der Waals surface area contributed by atoms with Crippen LogP contribution in [0.4, 0.5) is 5.69 Å². The van der Waals surface area contributed by atoms with Crippen LogP contribution in [0.1, 0.15) is 5.56 Å². The molecule has 1 aromatic rings. The Kier molecular flexibility index (Phi) is 4.33. The molecule has 0 bridgehead atoms. The normalized spacial score (nSPS) is 8.50.